The quantitative estimate of drug-likeness (QED) is 0.621. The van der Waals surface area contributed by atoms with Crippen molar-refractivity contribution >= 4 is 23.5 Å². The number of pyridine rings is 1. The SMILES string of the molecule is CC1CCCCC1NC(=NCc1ccc(Cl)cn1)NCC(=O)N(C)C. The van der Waals surface area contributed by atoms with Crippen LogP contribution in [0, 0.1) is 5.92 Å². The van der Waals surface area contributed by atoms with Crippen LogP contribution in [-0.2, 0) is 11.3 Å². The minimum atomic E-state index is 0.0100. The summed E-state index contributed by atoms with van der Waals surface area (Å²) in [4.78, 5) is 22.3. The fourth-order valence-corrected chi connectivity index (χ4v) is 2.95. The van der Waals surface area contributed by atoms with Gasteiger partial charge in [0, 0.05) is 26.3 Å². The lowest BCUT2D eigenvalue weighted by atomic mass is 9.86. The van der Waals surface area contributed by atoms with Crippen LogP contribution >= 0.6 is 11.6 Å². The number of carbonyl (C=O) groups excluding carboxylic acids is 1. The zero-order valence-corrected chi connectivity index (χ0v) is 16.0. The van der Waals surface area contributed by atoms with E-state index in [-0.39, 0.29) is 12.5 Å². The van der Waals surface area contributed by atoms with E-state index in [1.807, 2.05) is 6.07 Å². The van der Waals surface area contributed by atoms with Gasteiger partial charge in [0.25, 0.3) is 0 Å². The molecule has 138 valence electrons. The van der Waals surface area contributed by atoms with Crippen molar-refractivity contribution in [1.29, 1.82) is 0 Å². The molecule has 1 saturated carbocycles. The first-order chi connectivity index (χ1) is 12.0. The average Bonchev–Trinajstić information content (AvgIpc) is 2.60. The van der Waals surface area contributed by atoms with Gasteiger partial charge in [-0.15, -0.1) is 0 Å². The number of carbonyl (C=O) groups is 1. The molecule has 1 aromatic rings. The number of nitrogens with one attached hydrogen (secondary N) is 2. The number of nitrogens with zero attached hydrogens (tertiary/aromatic N) is 3. The molecule has 0 saturated heterocycles. The summed E-state index contributed by atoms with van der Waals surface area (Å²) in [5, 5.41) is 7.25. The minimum Gasteiger partial charge on any atom is -0.353 e. The summed E-state index contributed by atoms with van der Waals surface area (Å²) in [6.07, 6.45) is 6.48. The largest absolute Gasteiger partial charge is 0.353 e. The maximum Gasteiger partial charge on any atom is 0.241 e. The number of aromatic nitrogens is 1. The van der Waals surface area contributed by atoms with Crippen molar-refractivity contribution in [2.45, 2.75) is 45.2 Å². The van der Waals surface area contributed by atoms with Gasteiger partial charge in [-0.05, 0) is 30.9 Å². The van der Waals surface area contributed by atoms with Gasteiger partial charge in [-0.25, -0.2) is 4.99 Å². The first-order valence-electron chi connectivity index (χ1n) is 8.81. The summed E-state index contributed by atoms with van der Waals surface area (Å²) < 4.78 is 0. The van der Waals surface area contributed by atoms with E-state index in [9.17, 15) is 4.79 Å². The Balaban J connectivity index is 2.02. The minimum absolute atomic E-state index is 0.0100. The Bertz CT molecular complexity index is 588. The van der Waals surface area contributed by atoms with Gasteiger partial charge in [-0.2, -0.15) is 0 Å². The van der Waals surface area contributed by atoms with Crippen molar-refractivity contribution in [2.75, 3.05) is 20.6 Å². The number of rotatable bonds is 5. The predicted molar refractivity (Wildman–Crippen MR) is 102 cm³/mol. The van der Waals surface area contributed by atoms with E-state index < -0.39 is 0 Å². The highest BCUT2D eigenvalue weighted by molar-refractivity contribution is 6.30. The molecule has 6 nitrogen and oxygen atoms in total. The summed E-state index contributed by atoms with van der Waals surface area (Å²) in [6, 6.07) is 4.05. The first-order valence-corrected chi connectivity index (χ1v) is 9.19. The molecular weight excluding hydrogens is 338 g/mol. The van der Waals surface area contributed by atoms with Crippen LogP contribution in [0.1, 0.15) is 38.3 Å². The molecule has 2 atom stereocenters. The lowest BCUT2D eigenvalue weighted by Crippen LogP contribution is -2.49. The maximum absolute atomic E-state index is 11.9. The number of hydrogen-bond acceptors (Lipinski definition) is 3. The number of likely N-dealkylation sites (N-methyl/N-ethyl adjacent to an activating group) is 1. The Morgan fingerprint density at radius 3 is 2.76 bits per heavy atom. The summed E-state index contributed by atoms with van der Waals surface area (Å²) in [5.41, 5.74) is 0.834. The highest BCUT2D eigenvalue weighted by atomic mass is 35.5. The van der Waals surface area contributed by atoms with E-state index >= 15 is 0 Å². The third kappa shape index (κ3) is 6.53. The van der Waals surface area contributed by atoms with Crippen LogP contribution in [0.2, 0.25) is 5.02 Å². The van der Waals surface area contributed by atoms with Crippen LogP contribution in [0.25, 0.3) is 0 Å². The summed E-state index contributed by atoms with van der Waals surface area (Å²) in [6.45, 7) is 2.91. The molecule has 25 heavy (non-hydrogen) atoms. The smallest absolute Gasteiger partial charge is 0.241 e. The zero-order valence-electron chi connectivity index (χ0n) is 15.3. The Hall–Kier alpha value is -1.82. The van der Waals surface area contributed by atoms with Crippen LogP contribution in [0.5, 0.6) is 0 Å². The Morgan fingerprint density at radius 1 is 1.36 bits per heavy atom. The topological polar surface area (TPSA) is 69.6 Å². The molecular formula is C18H28ClN5O. The standard InChI is InChI=1S/C18H28ClN5O/c1-13-6-4-5-7-16(13)23-18(22-12-17(25)24(2)3)21-11-15-9-8-14(19)10-20-15/h8-10,13,16H,4-7,11-12H2,1-3H3,(H2,21,22,23). The van der Waals surface area contributed by atoms with Crippen LogP contribution in [0.3, 0.4) is 0 Å². The third-order valence-electron chi connectivity index (χ3n) is 4.53. The molecule has 0 radical (unpaired) electrons. The molecule has 1 heterocycles. The lowest BCUT2D eigenvalue weighted by molar-refractivity contribution is -0.127. The van der Waals surface area contributed by atoms with Crippen molar-refractivity contribution in [3.63, 3.8) is 0 Å². The number of halogens is 1. The van der Waals surface area contributed by atoms with E-state index in [0.29, 0.717) is 29.5 Å². The third-order valence-corrected chi connectivity index (χ3v) is 4.75. The molecule has 1 aromatic heterocycles. The second kappa shape index (κ2) is 9.61. The molecule has 1 fully saturated rings. The first kappa shape index (κ1) is 19.5. The highest BCUT2D eigenvalue weighted by Gasteiger charge is 2.22. The monoisotopic (exact) mass is 365 g/mol. The van der Waals surface area contributed by atoms with Crippen molar-refractivity contribution in [3.05, 3.63) is 29.0 Å². The van der Waals surface area contributed by atoms with Crippen LogP contribution in [0.4, 0.5) is 0 Å². The molecule has 1 aliphatic carbocycles. The molecule has 2 unspecified atom stereocenters. The lowest BCUT2D eigenvalue weighted by Gasteiger charge is -2.31. The number of aliphatic imine (C=N–C) groups is 1. The van der Waals surface area contributed by atoms with Gasteiger partial charge in [0.2, 0.25) is 5.91 Å². The molecule has 0 aliphatic heterocycles. The zero-order chi connectivity index (χ0) is 18.2. The van der Waals surface area contributed by atoms with Gasteiger partial charge in [-0.3, -0.25) is 9.78 Å². The molecule has 0 aromatic carbocycles. The maximum atomic E-state index is 11.9. The number of guanidine groups is 1. The molecule has 2 rings (SSSR count). The van der Waals surface area contributed by atoms with Crippen LogP contribution < -0.4 is 10.6 Å². The highest BCUT2D eigenvalue weighted by Crippen LogP contribution is 2.23. The second-order valence-electron chi connectivity index (χ2n) is 6.79. The Kier molecular flexibility index (Phi) is 7.50. The van der Waals surface area contributed by atoms with Crippen molar-refractivity contribution < 1.29 is 4.79 Å². The second-order valence-corrected chi connectivity index (χ2v) is 7.22. The van der Waals surface area contributed by atoms with Gasteiger partial charge >= 0.3 is 0 Å². The number of amides is 1. The summed E-state index contributed by atoms with van der Waals surface area (Å²) in [5.74, 6) is 1.26. The van der Waals surface area contributed by atoms with E-state index in [1.54, 1.807) is 31.3 Å². The van der Waals surface area contributed by atoms with Crippen LogP contribution in [0.15, 0.2) is 23.3 Å². The molecule has 1 amide bonds. The van der Waals surface area contributed by atoms with E-state index in [1.165, 1.54) is 19.3 Å². The molecule has 7 heteroatoms. The van der Waals surface area contributed by atoms with Crippen molar-refractivity contribution in [2.24, 2.45) is 10.9 Å². The van der Waals surface area contributed by atoms with Gasteiger partial charge in [0.1, 0.15) is 0 Å². The van der Waals surface area contributed by atoms with Crippen LogP contribution in [-0.4, -0.2) is 48.4 Å². The number of hydrogen-bond donors (Lipinski definition) is 2. The van der Waals surface area contributed by atoms with E-state index in [0.717, 1.165) is 12.1 Å². The van der Waals surface area contributed by atoms with Gasteiger partial charge in [0.15, 0.2) is 5.96 Å². The van der Waals surface area contributed by atoms with Gasteiger partial charge in [0.05, 0.1) is 23.8 Å². The van der Waals surface area contributed by atoms with Gasteiger partial charge in [-0.1, -0.05) is 31.4 Å². The molecule has 1 aliphatic rings. The summed E-state index contributed by atoms with van der Waals surface area (Å²) >= 11 is 5.87. The Morgan fingerprint density at radius 2 is 2.12 bits per heavy atom. The predicted octanol–water partition coefficient (Wildman–Crippen LogP) is 2.44. The Labute approximate surface area is 155 Å². The molecule has 0 spiro atoms. The fourth-order valence-electron chi connectivity index (χ4n) is 2.84. The fraction of sp³-hybridized carbons (Fsp3) is 0.611. The van der Waals surface area contributed by atoms with Gasteiger partial charge < -0.3 is 15.5 Å². The average molecular weight is 366 g/mol. The summed E-state index contributed by atoms with van der Waals surface area (Å²) in [7, 11) is 3.49. The van der Waals surface area contributed by atoms with E-state index in [4.69, 9.17) is 11.6 Å². The molecule has 2 N–H and O–H groups in total. The molecule has 0 bridgehead atoms. The normalized spacial score (nSPS) is 20.9. The van der Waals surface area contributed by atoms with Crippen molar-refractivity contribution in [1.82, 2.24) is 20.5 Å². The van der Waals surface area contributed by atoms with E-state index in [2.05, 4.69) is 27.5 Å². The van der Waals surface area contributed by atoms with Crippen molar-refractivity contribution in [3.8, 4) is 0 Å².